The summed E-state index contributed by atoms with van der Waals surface area (Å²) >= 11 is 5.73. The summed E-state index contributed by atoms with van der Waals surface area (Å²) in [5.41, 5.74) is 10.1. The maximum Gasteiger partial charge on any atom is 0.173 e. The van der Waals surface area contributed by atoms with Gasteiger partial charge < -0.3 is 16.2 Å². The molecule has 5 N–H and O–H groups in total. The normalized spacial score (nSPS) is 8.14. The lowest BCUT2D eigenvalue weighted by atomic mass is 11.3. The van der Waals surface area contributed by atoms with Crippen LogP contribution in [0.1, 0.15) is 0 Å². The molecule has 0 amide bonds. The Morgan fingerprint density at radius 2 is 2.43 bits per heavy atom. The van der Waals surface area contributed by atoms with Crippen LogP contribution in [0.5, 0.6) is 0 Å². The molecule has 0 saturated heterocycles. The van der Waals surface area contributed by atoms with Crippen molar-refractivity contribution in [2.75, 3.05) is 5.88 Å². The lowest BCUT2D eigenvalue weighted by molar-refractivity contribution is 1.37. The summed E-state index contributed by atoms with van der Waals surface area (Å²) in [7, 11) is 0. The van der Waals surface area contributed by atoms with Crippen molar-refractivity contribution in [1.82, 2.24) is 4.72 Å². The van der Waals surface area contributed by atoms with Gasteiger partial charge in [-0.1, -0.05) is 0 Å². The van der Waals surface area contributed by atoms with E-state index in [0.717, 1.165) is 0 Å². The van der Waals surface area contributed by atoms with Gasteiger partial charge >= 0.3 is 0 Å². The molecule has 0 aliphatic carbocycles. The summed E-state index contributed by atoms with van der Waals surface area (Å²) < 4.78 is 2.60. The highest BCUT2D eigenvalue weighted by molar-refractivity contribution is 7.98. The van der Waals surface area contributed by atoms with Gasteiger partial charge in [-0.15, -0.1) is 0 Å². The summed E-state index contributed by atoms with van der Waals surface area (Å²) in [4.78, 5) is 0. The first-order chi connectivity index (χ1) is 3.27. The Hall–Kier alpha value is -0.0000000000000000278. The summed E-state index contributed by atoms with van der Waals surface area (Å²) in [6.07, 6.45) is 0. The lowest BCUT2D eigenvalue weighted by Crippen LogP contribution is -2.23. The number of thiocarbonyl (C=S) groups is 1. The van der Waals surface area contributed by atoms with Gasteiger partial charge in [0.2, 0.25) is 0 Å². The van der Waals surface area contributed by atoms with Crippen LogP contribution in [0, 0.1) is 0 Å². The summed E-state index contributed by atoms with van der Waals surface area (Å²) in [5.74, 6) is 0.483. The third-order valence-electron chi connectivity index (χ3n) is 0.256. The van der Waals surface area contributed by atoms with E-state index in [1.807, 2.05) is 0 Å². The van der Waals surface area contributed by atoms with E-state index in [1.54, 1.807) is 0 Å². The number of nitrogens with two attached hydrogens (primary N) is 2. The van der Waals surface area contributed by atoms with Gasteiger partial charge in [-0.3, -0.25) is 0 Å². The van der Waals surface area contributed by atoms with Gasteiger partial charge in [0.1, 0.15) is 0 Å². The molecule has 0 aromatic rings. The molecule has 0 unspecified atom stereocenters. The Morgan fingerprint density at radius 3 is 2.57 bits per heavy atom. The molecular weight excluding hydrogens is 130 g/mol. The Morgan fingerprint density at radius 1 is 1.86 bits per heavy atom. The molecule has 0 aromatic carbocycles. The van der Waals surface area contributed by atoms with Gasteiger partial charge in [-0.05, 0) is 24.2 Å². The molecule has 0 radical (unpaired) electrons. The van der Waals surface area contributed by atoms with E-state index in [0.29, 0.717) is 5.88 Å². The molecule has 0 heterocycles. The number of nitrogens with one attached hydrogen (secondary N) is 1. The Labute approximate surface area is 52.0 Å². The van der Waals surface area contributed by atoms with E-state index in [1.165, 1.54) is 11.9 Å². The van der Waals surface area contributed by atoms with Crippen LogP contribution in [0.25, 0.3) is 0 Å². The summed E-state index contributed by atoms with van der Waals surface area (Å²) in [6.45, 7) is 0. The van der Waals surface area contributed by atoms with Gasteiger partial charge in [0, 0.05) is 0 Å². The molecule has 0 aliphatic rings. The molecule has 0 saturated carbocycles. The van der Waals surface area contributed by atoms with Gasteiger partial charge in [0.05, 0.1) is 5.88 Å². The van der Waals surface area contributed by atoms with Crippen molar-refractivity contribution in [3.05, 3.63) is 0 Å². The van der Waals surface area contributed by atoms with E-state index in [4.69, 9.17) is 11.5 Å². The Bertz CT molecular complexity index is 64.0. The first kappa shape index (κ1) is 7.00. The predicted molar refractivity (Wildman–Crippen MR) is 36.6 cm³/mol. The monoisotopic (exact) mass is 137 g/mol. The standard InChI is InChI=1S/C2H7N3S2/c3-1-7-5-2(4)6/h1,3H2,(H3,4,5,6). The third-order valence-corrected chi connectivity index (χ3v) is 1.02. The minimum absolute atomic E-state index is 0.274. The molecule has 0 atom stereocenters. The molecule has 0 aromatic heterocycles. The SMILES string of the molecule is NCSNC(N)=S. The average Bonchev–Trinajstić information content (AvgIpc) is 1.61. The zero-order valence-corrected chi connectivity index (χ0v) is 5.31. The zero-order chi connectivity index (χ0) is 5.70. The molecule has 42 valence electrons. The third kappa shape index (κ3) is 6.00. The minimum Gasteiger partial charge on any atom is -0.376 e. The molecule has 0 bridgehead atoms. The highest BCUT2D eigenvalue weighted by Crippen LogP contribution is 1.82. The van der Waals surface area contributed by atoms with Gasteiger partial charge in [0.25, 0.3) is 0 Å². The van der Waals surface area contributed by atoms with Crippen LogP contribution in [0.3, 0.4) is 0 Å². The van der Waals surface area contributed by atoms with E-state index < -0.39 is 0 Å². The van der Waals surface area contributed by atoms with Crippen LogP contribution in [0.2, 0.25) is 0 Å². The van der Waals surface area contributed by atoms with Crippen molar-refractivity contribution < 1.29 is 0 Å². The molecule has 7 heavy (non-hydrogen) atoms. The van der Waals surface area contributed by atoms with E-state index in [2.05, 4.69) is 16.9 Å². The van der Waals surface area contributed by atoms with Crippen LogP contribution >= 0.6 is 24.2 Å². The smallest absolute Gasteiger partial charge is 0.173 e. The van der Waals surface area contributed by atoms with Crippen LogP contribution in [0.15, 0.2) is 0 Å². The molecule has 0 spiro atoms. The maximum atomic E-state index is 5.06. The van der Waals surface area contributed by atoms with Gasteiger partial charge in [-0.25, -0.2) is 0 Å². The van der Waals surface area contributed by atoms with E-state index in [-0.39, 0.29) is 5.11 Å². The molecule has 0 aliphatic heterocycles. The minimum atomic E-state index is 0.274. The average molecular weight is 137 g/mol. The summed E-state index contributed by atoms with van der Waals surface area (Å²) in [5, 5.41) is 0.274. The highest BCUT2D eigenvalue weighted by atomic mass is 32.2. The van der Waals surface area contributed by atoms with Crippen LogP contribution in [-0.4, -0.2) is 11.0 Å². The second-order valence-electron chi connectivity index (χ2n) is 0.777. The van der Waals surface area contributed by atoms with Crippen LogP contribution in [0.4, 0.5) is 0 Å². The van der Waals surface area contributed by atoms with Crippen molar-refractivity contribution in [3.8, 4) is 0 Å². The van der Waals surface area contributed by atoms with Crippen molar-refractivity contribution in [1.29, 1.82) is 0 Å². The first-order valence-corrected chi connectivity index (χ1v) is 3.04. The maximum absolute atomic E-state index is 5.06. The van der Waals surface area contributed by atoms with Gasteiger partial charge in [-0.2, -0.15) is 0 Å². The van der Waals surface area contributed by atoms with Crippen LogP contribution in [-0.2, 0) is 0 Å². The molecule has 5 heteroatoms. The fraction of sp³-hybridized carbons (Fsp3) is 0.500. The highest BCUT2D eigenvalue weighted by Gasteiger charge is 1.80. The molecular formula is C2H7N3S2. The largest absolute Gasteiger partial charge is 0.376 e. The Balaban J connectivity index is 2.82. The fourth-order valence-corrected chi connectivity index (χ4v) is 0.515. The predicted octanol–water partition coefficient (Wildman–Crippen LogP) is -0.616. The number of rotatable bonds is 2. The lowest BCUT2D eigenvalue weighted by Gasteiger charge is -1.95. The second kappa shape index (κ2) is 4.17. The van der Waals surface area contributed by atoms with Crippen molar-refractivity contribution in [2.24, 2.45) is 11.5 Å². The van der Waals surface area contributed by atoms with E-state index >= 15 is 0 Å². The molecule has 0 fully saturated rings. The quantitative estimate of drug-likeness (QED) is 0.269. The summed E-state index contributed by atoms with van der Waals surface area (Å²) in [6, 6.07) is 0. The number of hydrogen-bond donors (Lipinski definition) is 3. The second-order valence-corrected chi connectivity index (χ2v) is 2.04. The Kier molecular flexibility index (Phi) is 4.17. The first-order valence-electron chi connectivity index (χ1n) is 1.64. The topological polar surface area (TPSA) is 64.1 Å². The zero-order valence-electron chi connectivity index (χ0n) is 3.68. The van der Waals surface area contributed by atoms with Crippen molar-refractivity contribution in [3.63, 3.8) is 0 Å². The number of hydrogen-bond acceptors (Lipinski definition) is 3. The molecule has 3 nitrogen and oxygen atoms in total. The van der Waals surface area contributed by atoms with Crippen LogP contribution < -0.4 is 16.2 Å². The van der Waals surface area contributed by atoms with Gasteiger partial charge in [0.15, 0.2) is 5.11 Å². The fourth-order valence-electron chi connectivity index (χ4n) is 0.113. The van der Waals surface area contributed by atoms with Crippen molar-refractivity contribution in [2.45, 2.75) is 0 Å². The van der Waals surface area contributed by atoms with E-state index in [9.17, 15) is 0 Å². The van der Waals surface area contributed by atoms with Crippen molar-refractivity contribution >= 4 is 29.3 Å². The molecule has 0 rings (SSSR count).